The maximum atomic E-state index is 13.0. The Morgan fingerprint density at radius 3 is 2.18 bits per heavy atom. The van der Waals surface area contributed by atoms with E-state index in [1.165, 1.54) is 18.2 Å². The van der Waals surface area contributed by atoms with Gasteiger partial charge in [0.2, 0.25) is 9.84 Å². The molecule has 0 amide bonds. The molecular weight excluding hydrogens is 433 g/mol. The van der Waals surface area contributed by atoms with Gasteiger partial charge in [0, 0.05) is 9.79 Å². The Bertz CT molecular complexity index is 1070. The van der Waals surface area contributed by atoms with Crippen LogP contribution in [0.5, 0.6) is 0 Å². The van der Waals surface area contributed by atoms with Crippen LogP contribution in [-0.4, -0.2) is 21.5 Å². The van der Waals surface area contributed by atoms with Crippen LogP contribution in [0.25, 0.3) is 0 Å². The molecule has 1 aliphatic heterocycles. The van der Waals surface area contributed by atoms with Gasteiger partial charge in [-0.1, -0.05) is 41.2 Å². The number of ether oxygens (including phenoxy) is 1. The van der Waals surface area contributed by atoms with Crippen LogP contribution in [0.1, 0.15) is 11.1 Å². The number of hydrogen-bond acceptors (Lipinski definition) is 6. The lowest BCUT2D eigenvalue weighted by atomic mass is 10.2. The molecule has 0 atom stereocenters. The van der Waals surface area contributed by atoms with Gasteiger partial charge in [0.05, 0.1) is 21.8 Å². The van der Waals surface area contributed by atoms with Gasteiger partial charge in [-0.15, -0.1) is 0 Å². The average molecular weight is 446 g/mol. The largest absolute Gasteiger partial charge is 0.465 e. The first-order valence-electron chi connectivity index (χ1n) is 7.75. The van der Waals surface area contributed by atoms with Gasteiger partial charge in [0.25, 0.3) is 0 Å². The predicted molar refractivity (Wildman–Crippen MR) is 101 cm³/mol. The van der Waals surface area contributed by atoms with Crippen molar-refractivity contribution in [2.24, 2.45) is 0 Å². The van der Waals surface area contributed by atoms with Gasteiger partial charge < -0.3 is 4.74 Å². The van der Waals surface area contributed by atoms with Crippen molar-refractivity contribution in [1.82, 2.24) is 0 Å². The number of esters is 1. The second kappa shape index (κ2) is 7.49. The van der Waals surface area contributed by atoms with Gasteiger partial charge >= 0.3 is 12.1 Å². The van der Waals surface area contributed by atoms with Crippen LogP contribution in [0, 0.1) is 6.92 Å². The summed E-state index contributed by atoms with van der Waals surface area (Å²) in [5.74, 6) is -1.07. The zero-order valence-electron chi connectivity index (χ0n) is 14.5. The molecule has 2 aromatic carbocycles. The highest BCUT2D eigenvalue weighted by Crippen LogP contribution is 2.54. The van der Waals surface area contributed by atoms with Crippen molar-refractivity contribution >= 4 is 39.3 Å². The third kappa shape index (κ3) is 3.94. The number of aryl methyl sites for hydroxylation is 1. The molecule has 28 heavy (non-hydrogen) atoms. The number of sulfone groups is 1. The maximum absolute atomic E-state index is 13.0. The molecule has 0 radical (unpaired) electrons. The molecule has 0 aliphatic carbocycles. The molecule has 0 N–H and O–H groups in total. The van der Waals surface area contributed by atoms with Crippen LogP contribution in [0.2, 0.25) is 0 Å². The van der Waals surface area contributed by atoms with Crippen molar-refractivity contribution in [3.63, 3.8) is 0 Å². The van der Waals surface area contributed by atoms with E-state index in [2.05, 4.69) is 4.74 Å². The van der Waals surface area contributed by atoms with Gasteiger partial charge in [-0.05, 0) is 37.3 Å². The monoisotopic (exact) mass is 446 g/mol. The summed E-state index contributed by atoms with van der Waals surface area (Å²) < 4.78 is 69.6. The topological polar surface area (TPSA) is 60.4 Å². The van der Waals surface area contributed by atoms with Crippen LogP contribution in [-0.2, 0) is 25.5 Å². The highest BCUT2D eigenvalue weighted by Gasteiger charge is 2.37. The lowest BCUT2D eigenvalue weighted by molar-refractivity contribution is -0.138. The standard InChI is InChI=1S/C18H13F3O4S3/c1-10-3-6-12(7-4-10)28(23,24)15(16(22)25-2)17-26-13-8-5-11(18(19,20)21)9-14(13)27-17/h3-9H,1-2H3/b17-15-. The molecule has 0 saturated carbocycles. The first-order chi connectivity index (χ1) is 13.0. The van der Waals surface area contributed by atoms with Gasteiger partial charge in [0.1, 0.15) is 0 Å². The van der Waals surface area contributed by atoms with E-state index < -0.39 is 32.5 Å². The molecule has 0 unspecified atom stereocenters. The fourth-order valence-electron chi connectivity index (χ4n) is 2.39. The summed E-state index contributed by atoms with van der Waals surface area (Å²) in [7, 11) is -3.18. The number of methoxy groups -OCH3 is 1. The molecule has 10 heteroatoms. The fourth-order valence-corrected chi connectivity index (χ4v) is 6.91. The van der Waals surface area contributed by atoms with Crippen molar-refractivity contribution in [2.45, 2.75) is 27.8 Å². The minimum absolute atomic E-state index is 0.0572. The van der Waals surface area contributed by atoms with Crippen molar-refractivity contribution < 1.29 is 31.1 Å². The maximum Gasteiger partial charge on any atom is 0.416 e. The molecular formula is C18H13F3O4S3. The summed E-state index contributed by atoms with van der Waals surface area (Å²) in [6, 6.07) is 9.03. The number of benzene rings is 2. The lowest BCUT2D eigenvalue weighted by Gasteiger charge is -2.10. The number of rotatable bonds is 3. The Kier molecular flexibility index (Phi) is 5.57. The predicted octanol–water partition coefficient (Wildman–Crippen LogP) is 5.03. The zero-order valence-corrected chi connectivity index (χ0v) is 17.0. The summed E-state index contributed by atoms with van der Waals surface area (Å²) in [5, 5.41) is 0. The van der Waals surface area contributed by atoms with Gasteiger partial charge in [-0.2, -0.15) is 13.2 Å². The number of carbonyl (C=O) groups is 1. The Hall–Kier alpha value is -1.91. The number of alkyl halides is 3. The molecule has 4 nitrogen and oxygen atoms in total. The van der Waals surface area contributed by atoms with E-state index in [-0.39, 0.29) is 14.0 Å². The summed E-state index contributed by atoms with van der Waals surface area (Å²) in [5.41, 5.74) is -0.00969. The molecule has 0 spiro atoms. The molecule has 3 rings (SSSR count). The number of halogens is 3. The van der Waals surface area contributed by atoms with Crippen molar-refractivity contribution in [3.05, 3.63) is 62.7 Å². The zero-order chi connectivity index (χ0) is 20.7. The van der Waals surface area contributed by atoms with E-state index in [1.807, 2.05) is 0 Å². The molecule has 1 heterocycles. The number of hydrogen-bond donors (Lipinski definition) is 0. The number of thioether (sulfide) groups is 2. The molecule has 2 aromatic rings. The van der Waals surface area contributed by atoms with Crippen LogP contribution in [0.4, 0.5) is 13.2 Å². The van der Waals surface area contributed by atoms with Crippen LogP contribution < -0.4 is 0 Å². The van der Waals surface area contributed by atoms with Crippen LogP contribution >= 0.6 is 23.5 Å². The molecule has 0 aromatic heterocycles. The summed E-state index contributed by atoms with van der Waals surface area (Å²) >= 11 is 1.73. The van der Waals surface area contributed by atoms with E-state index in [1.54, 1.807) is 19.1 Å². The Balaban J connectivity index is 2.11. The SMILES string of the molecule is COC(=O)/C(=C1\Sc2ccc(C(F)(F)F)cc2S1)S(=O)(=O)c1ccc(C)cc1. The Morgan fingerprint density at radius 1 is 1.00 bits per heavy atom. The second-order valence-corrected chi connectivity index (χ2v) is 10.0. The molecule has 1 aliphatic rings. The summed E-state index contributed by atoms with van der Waals surface area (Å²) in [6.45, 7) is 1.79. The fraction of sp³-hybridized carbons (Fsp3) is 0.167. The number of fused-ring (bicyclic) bond motifs is 1. The minimum Gasteiger partial charge on any atom is -0.465 e. The Labute approximate surface area is 168 Å². The average Bonchev–Trinajstić information content (AvgIpc) is 3.03. The smallest absolute Gasteiger partial charge is 0.416 e. The van der Waals surface area contributed by atoms with E-state index in [0.717, 1.165) is 48.3 Å². The highest BCUT2D eigenvalue weighted by atomic mass is 32.2. The normalized spacial score (nSPS) is 15.9. The lowest BCUT2D eigenvalue weighted by Crippen LogP contribution is -2.16. The highest BCUT2D eigenvalue weighted by molar-refractivity contribution is 8.25. The van der Waals surface area contributed by atoms with E-state index in [0.29, 0.717) is 4.90 Å². The van der Waals surface area contributed by atoms with Crippen molar-refractivity contribution in [2.75, 3.05) is 7.11 Å². The third-order valence-corrected chi connectivity index (χ3v) is 8.43. The van der Waals surface area contributed by atoms with Crippen molar-refractivity contribution in [1.29, 1.82) is 0 Å². The molecule has 0 saturated heterocycles. The first kappa shape index (κ1) is 20.8. The second-order valence-electron chi connectivity index (χ2n) is 5.79. The quantitative estimate of drug-likeness (QED) is 0.487. The van der Waals surface area contributed by atoms with Crippen LogP contribution in [0.15, 0.2) is 66.3 Å². The van der Waals surface area contributed by atoms with Crippen molar-refractivity contribution in [3.8, 4) is 0 Å². The first-order valence-corrected chi connectivity index (χ1v) is 10.9. The van der Waals surface area contributed by atoms with E-state index in [9.17, 15) is 26.4 Å². The third-order valence-electron chi connectivity index (χ3n) is 3.83. The van der Waals surface area contributed by atoms with Gasteiger partial charge in [-0.25, -0.2) is 13.2 Å². The summed E-state index contributed by atoms with van der Waals surface area (Å²) in [6.07, 6.45) is -4.52. The van der Waals surface area contributed by atoms with Gasteiger partial charge in [0.15, 0.2) is 4.91 Å². The van der Waals surface area contributed by atoms with E-state index >= 15 is 0 Å². The minimum atomic E-state index is -4.52. The molecule has 0 bridgehead atoms. The van der Waals surface area contributed by atoms with E-state index in [4.69, 9.17) is 0 Å². The molecule has 0 fully saturated rings. The summed E-state index contributed by atoms with van der Waals surface area (Å²) in [4.78, 5) is 12.3. The molecule has 148 valence electrons. The van der Waals surface area contributed by atoms with Gasteiger partial charge in [-0.3, -0.25) is 0 Å². The number of carbonyl (C=O) groups excluding carboxylic acids is 1. The van der Waals surface area contributed by atoms with Crippen LogP contribution in [0.3, 0.4) is 0 Å². The Morgan fingerprint density at radius 2 is 1.61 bits per heavy atom.